The molecule has 0 radical (unpaired) electrons. The van der Waals surface area contributed by atoms with Crippen molar-refractivity contribution in [1.29, 1.82) is 0 Å². The second-order valence-electron chi connectivity index (χ2n) is 5.93. The molecule has 4 nitrogen and oxygen atoms in total. The minimum absolute atomic E-state index is 0.534. The molecule has 0 saturated carbocycles. The van der Waals surface area contributed by atoms with Gasteiger partial charge in [0, 0.05) is 18.0 Å². The molecule has 0 saturated heterocycles. The van der Waals surface area contributed by atoms with Gasteiger partial charge in [-0.15, -0.1) is 0 Å². The molecular weight excluding hydrogens is 340 g/mol. The van der Waals surface area contributed by atoms with Gasteiger partial charge in [-0.3, -0.25) is 9.97 Å². The first-order valence-electron chi connectivity index (χ1n) is 8.48. The first-order chi connectivity index (χ1) is 12.7. The zero-order valence-corrected chi connectivity index (χ0v) is 15.2. The van der Waals surface area contributed by atoms with Crippen LogP contribution in [0.4, 0.5) is 5.13 Å². The molecule has 0 bridgehead atoms. The van der Waals surface area contributed by atoms with Crippen molar-refractivity contribution in [3.8, 4) is 33.1 Å². The Kier molecular flexibility index (Phi) is 4.46. The Morgan fingerprint density at radius 1 is 0.885 bits per heavy atom. The maximum absolute atomic E-state index is 6.00. The molecule has 0 amide bonds. The lowest BCUT2D eigenvalue weighted by Gasteiger charge is -2.06. The molecule has 0 aliphatic carbocycles. The van der Waals surface area contributed by atoms with E-state index in [4.69, 9.17) is 5.73 Å². The molecule has 0 aliphatic rings. The number of pyridine rings is 2. The molecule has 0 atom stereocenters. The van der Waals surface area contributed by atoms with Crippen LogP contribution in [0.2, 0.25) is 0 Å². The lowest BCUT2D eigenvalue weighted by Crippen LogP contribution is -1.89. The Morgan fingerprint density at radius 2 is 1.69 bits per heavy atom. The third kappa shape index (κ3) is 3.21. The summed E-state index contributed by atoms with van der Waals surface area (Å²) >= 11 is 1.47. The highest BCUT2D eigenvalue weighted by Gasteiger charge is 2.15. The van der Waals surface area contributed by atoms with E-state index in [1.807, 2.05) is 30.5 Å². The molecule has 128 valence electrons. The van der Waals surface area contributed by atoms with Crippen LogP contribution in [0.3, 0.4) is 0 Å². The lowest BCUT2D eigenvalue weighted by atomic mass is 10.0. The van der Waals surface area contributed by atoms with Gasteiger partial charge in [-0.25, -0.2) is 4.98 Å². The van der Waals surface area contributed by atoms with Crippen LogP contribution in [0.5, 0.6) is 0 Å². The number of anilines is 1. The average molecular weight is 358 g/mol. The van der Waals surface area contributed by atoms with Crippen LogP contribution in [0, 0.1) is 0 Å². The van der Waals surface area contributed by atoms with Gasteiger partial charge in [-0.2, -0.15) is 0 Å². The molecule has 1 aromatic carbocycles. The van der Waals surface area contributed by atoms with Gasteiger partial charge >= 0.3 is 0 Å². The zero-order valence-electron chi connectivity index (χ0n) is 14.4. The number of thiazole rings is 1. The summed E-state index contributed by atoms with van der Waals surface area (Å²) in [7, 11) is 0. The van der Waals surface area contributed by atoms with E-state index in [1.54, 1.807) is 6.20 Å². The molecule has 3 heterocycles. The Bertz CT molecular complexity index is 1020. The van der Waals surface area contributed by atoms with Gasteiger partial charge in [0.2, 0.25) is 0 Å². The van der Waals surface area contributed by atoms with Crippen molar-refractivity contribution in [1.82, 2.24) is 15.0 Å². The number of nitrogens with two attached hydrogens (primary N) is 1. The Labute approximate surface area is 156 Å². The van der Waals surface area contributed by atoms with E-state index < -0.39 is 0 Å². The van der Waals surface area contributed by atoms with Crippen LogP contribution in [-0.2, 0) is 6.42 Å². The highest BCUT2D eigenvalue weighted by Crippen LogP contribution is 2.38. The summed E-state index contributed by atoms with van der Waals surface area (Å²) in [5, 5.41) is 0.534. The maximum atomic E-state index is 6.00. The normalized spacial score (nSPS) is 10.8. The number of hydrogen-bond acceptors (Lipinski definition) is 5. The van der Waals surface area contributed by atoms with E-state index in [0.717, 1.165) is 39.5 Å². The monoisotopic (exact) mass is 358 g/mol. The SMILES string of the molecule is CCc1ccc(-c2cc(-c3sc(N)nc3-c3ccccn3)ccn2)cc1. The summed E-state index contributed by atoms with van der Waals surface area (Å²) < 4.78 is 0. The van der Waals surface area contributed by atoms with Crippen LogP contribution in [-0.4, -0.2) is 15.0 Å². The highest BCUT2D eigenvalue weighted by molar-refractivity contribution is 7.19. The molecule has 4 aromatic rings. The van der Waals surface area contributed by atoms with Crippen molar-refractivity contribution in [2.45, 2.75) is 13.3 Å². The minimum Gasteiger partial charge on any atom is -0.375 e. The number of aryl methyl sites for hydroxylation is 1. The van der Waals surface area contributed by atoms with Gasteiger partial charge in [0.1, 0.15) is 5.69 Å². The molecule has 2 N–H and O–H groups in total. The summed E-state index contributed by atoms with van der Waals surface area (Å²) in [5.41, 5.74) is 12.0. The molecule has 5 heteroatoms. The van der Waals surface area contributed by atoms with Gasteiger partial charge in [0.25, 0.3) is 0 Å². The zero-order chi connectivity index (χ0) is 17.9. The third-order valence-electron chi connectivity index (χ3n) is 4.23. The Hall–Kier alpha value is -3.05. The highest BCUT2D eigenvalue weighted by atomic mass is 32.1. The molecule has 4 rings (SSSR count). The van der Waals surface area contributed by atoms with Gasteiger partial charge in [-0.05, 0) is 41.8 Å². The van der Waals surface area contributed by atoms with E-state index in [0.29, 0.717) is 5.13 Å². The summed E-state index contributed by atoms with van der Waals surface area (Å²) in [6, 6.07) is 18.4. The second kappa shape index (κ2) is 7.06. The lowest BCUT2D eigenvalue weighted by molar-refractivity contribution is 1.14. The van der Waals surface area contributed by atoms with Crippen molar-refractivity contribution in [3.63, 3.8) is 0 Å². The number of nitrogens with zero attached hydrogens (tertiary/aromatic N) is 3. The molecule has 26 heavy (non-hydrogen) atoms. The predicted molar refractivity (Wildman–Crippen MR) is 108 cm³/mol. The van der Waals surface area contributed by atoms with Crippen molar-refractivity contribution in [2.75, 3.05) is 5.73 Å². The van der Waals surface area contributed by atoms with Crippen LogP contribution in [0.1, 0.15) is 12.5 Å². The van der Waals surface area contributed by atoms with E-state index in [9.17, 15) is 0 Å². The number of aromatic nitrogens is 3. The quantitative estimate of drug-likeness (QED) is 0.552. The third-order valence-corrected chi connectivity index (χ3v) is 5.16. The summed E-state index contributed by atoms with van der Waals surface area (Å²) in [6.45, 7) is 2.15. The van der Waals surface area contributed by atoms with E-state index in [2.05, 4.69) is 52.2 Å². The predicted octanol–water partition coefficient (Wildman–Crippen LogP) is 5.08. The first kappa shape index (κ1) is 16.4. The van der Waals surface area contributed by atoms with Crippen molar-refractivity contribution in [2.24, 2.45) is 0 Å². The molecule has 0 spiro atoms. The smallest absolute Gasteiger partial charge is 0.181 e. The topological polar surface area (TPSA) is 64.7 Å². The number of benzene rings is 1. The van der Waals surface area contributed by atoms with Crippen LogP contribution >= 0.6 is 11.3 Å². The van der Waals surface area contributed by atoms with Gasteiger partial charge in [0.15, 0.2) is 5.13 Å². The van der Waals surface area contributed by atoms with Crippen LogP contribution in [0.15, 0.2) is 67.0 Å². The second-order valence-corrected chi connectivity index (χ2v) is 6.96. The van der Waals surface area contributed by atoms with Crippen LogP contribution in [0.25, 0.3) is 33.1 Å². The Morgan fingerprint density at radius 3 is 2.42 bits per heavy atom. The Balaban J connectivity index is 1.78. The van der Waals surface area contributed by atoms with Crippen LogP contribution < -0.4 is 5.73 Å². The van der Waals surface area contributed by atoms with E-state index in [-0.39, 0.29) is 0 Å². The fourth-order valence-corrected chi connectivity index (χ4v) is 3.69. The fraction of sp³-hybridized carbons (Fsp3) is 0.0952. The van der Waals surface area contributed by atoms with Crippen molar-refractivity contribution >= 4 is 16.5 Å². The van der Waals surface area contributed by atoms with Gasteiger partial charge in [-0.1, -0.05) is 48.6 Å². The van der Waals surface area contributed by atoms with E-state index >= 15 is 0 Å². The summed E-state index contributed by atoms with van der Waals surface area (Å²) in [6.07, 6.45) is 4.62. The number of nitrogen functional groups attached to an aromatic ring is 1. The largest absolute Gasteiger partial charge is 0.375 e. The molecule has 0 aliphatic heterocycles. The first-order valence-corrected chi connectivity index (χ1v) is 9.29. The average Bonchev–Trinajstić information content (AvgIpc) is 3.11. The molecular formula is C21H18N4S. The van der Waals surface area contributed by atoms with Gasteiger partial charge < -0.3 is 5.73 Å². The van der Waals surface area contributed by atoms with Crippen molar-refractivity contribution in [3.05, 3.63) is 72.6 Å². The minimum atomic E-state index is 0.534. The fourth-order valence-electron chi connectivity index (χ4n) is 2.85. The molecule has 0 fully saturated rings. The number of rotatable bonds is 4. The molecule has 0 unspecified atom stereocenters. The number of hydrogen-bond donors (Lipinski definition) is 1. The molecule has 3 aromatic heterocycles. The van der Waals surface area contributed by atoms with Gasteiger partial charge in [0.05, 0.1) is 16.3 Å². The van der Waals surface area contributed by atoms with E-state index in [1.165, 1.54) is 16.9 Å². The summed E-state index contributed by atoms with van der Waals surface area (Å²) in [5.74, 6) is 0. The summed E-state index contributed by atoms with van der Waals surface area (Å²) in [4.78, 5) is 14.5. The maximum Gasteiger partial charge on any atom is 0.181 e. The van der Waals surface area contributed by atoms with Crippen molar-refractivity contribution < 1.29 is 0 Å². The standard InChI is InChI=1S/C21H18N4S/c1-2-14-6-8-15(9-7-14)18-13-16(10-12-24-18)20-19(25-21(22)26-20)17-5-3-4-11-23-17/h3-13H,2H2,1H3,(H2,22,25).